The van der Waals surface area contributed by atoms with Crippen LogP contribution in [0.5, 0.6) is 0 Å². The van der Waals surface area contributed by atoms with Crippen molar-refractivity contribution in [3.05, 3.63) is 90.8 Å². The number of furan rings is 1. The lowest BCUT2D eigenvalue weighted by Gasteiger charge is -2.24. The van der Waals surface area contributed by atoms with Crippen LogP contribution in [0, 0.1) is 0 Å². The van der Waals surface area contributed by atoms with Crippen LogP contribution in [0.25, 0.3) is 0 Å². The van der Waals surface area contributed by atoms with E-state index in [2.05, 4.69) is 32.4 Å². The zero-order valence-corrected chi connectivity index (χ0v) is 15.2. The highest BCUT2D eigenvalue weighted by molar-refractivity contribution is 5.78. The predicted octanol–water partition coefficient (Wildman–Crippen LogP) is 4.00. The summed E-state index contributed by atoms with van der Waals surface area (Å²) in [6, 6.07) is 19.6. The van der Waals surface area contributed by atoms with Crippen LogP contribution >= 0.6 is 0 Å². The molecule has 3 N–H and O–H groups in total. The quantitative estimate of drug-likeness (QED) is 0.506. The molecule has 140 valence electrons. The number of hydrogen-bond donors (Lipinski definition) is 2. The summed E-state index contributed by atoms with van der Waals surface area (Å²) < 4.78 is 5.35. The zero-order chi connectivity index (χ0) is 19.2. The summed E-state index contributed by atoms with van der Waals surface area (Å²) in [6.45, 7) is 1.06. The summed E-state index contributed by atoms with van der Waals surface area (Å²) in [7, 11) is 0. The molecule has 0 radical (unpaired) electrons. The van der Waals surface area contributed by atoms with E-state index < -0.39 is 0 Å². The first-order valence-electron chi connectivity index (χ1n) is 8.90. The third kappa shape index (κ3) is 3.93. The number of nitrogens with zero attached hydrogens (tertiary/aromatic N) is 4. The lowest BCUT2D eigenvalue weighted by molar-refractivity contribution is 0.518. The number of rotatable bonds is 7. The van der Waals surface area contributed by atoms with Gasteiger partial charge in [0, 0.05) is 6.20 Å². The van der Waals surface area contributed by atoms with Gasteiger partial charge in [0.2, 0.25) is 0 Å². The van der Waals surface area contributed by atoms with E-state index in [4.69, 9.17) is 10.2 Å². The number of anilines is 4. The average molecular weight is 372 g/mol. The number of nitrogens with two attached hydrogens (primary N) is 1. The Morgan fingerprint density at radius 1 is 0.929 bits per heavy atom. The lowest BCUT2D eigenvalue weighted by atomic mass is 10.2. The van der Waals surface area contributed by atoms with Gasteiger partial charge in [-0.25, -0.2) is 15.0 Å². The molecule has 0 saturated heterocycles. The molecule has 0 amide bonds. The maximum Gasteiger partial charge on any atom is 0.163 e. The Hall–Kier alpha value is -3.87. The summed E-state index contributed by atoms with van der Waals surface area (Å²) in [5.41, 5.74) is 8.00. The fraction of sp³-hybridized carbons (Fsp3) is 0.0952. The number of aromatic nitrogens is 3. The Morgan fingerprint density at radius 3 is 2.54 bits per heavy atom. The van der Waals surface area contributed by atoms with Crippen molar-refractivity contribution in [1.29, 1.82) is 0 Å². The minimum Gasteiger partial charge on any atom is -0.467 e. The van der Waals surface area contributed by atoms with Crippen molar-refractivity contribution in [2.45, 2.75) is 13.1 Å². The topological polar surface area (TPSA) is 93.1 Å². The molecular formula is C21H20N6O. The van der Waals surface area contributed by atoms with Gasteiger partial charge in [0.15, 0.2) is 11.6 Å². The van der Waals surface area contributed by atoms with Crippen LogP contribution in [0.3, 0.4) is 0 Å². The largest absolute Gasteiger partial charge is 0.467 e. The Labute approximate surface area is 162 Å². The number of nitrogen functional groups attached to an aromatic ring is 1. The first kappa shape index (κ1) is 17.5. The highest BCUT2D eigenvalue weighted by Crippen LogP contribution is 2.32. The van der Waals surface area contributed by atoms with Crippen LogP contribution in [0.15, 0.2) is 83.9 Å². The molecule has 4 rings (SSSR count). The summed E-state index contributed by atoms with van der Waals surface area (Å²) in [6.07, 6.45) is 4.88. The lowest BCUT2D eigenvalue weighted by Crippen LogP contribution is -2.21. The van der Waals surface area contributed by atoms with Crippen molar-refractivity contribution in [1.82, 2.24) is 15.0 Å². The smallest absolute Gasteiger partial charge is 0.163 e. The number of hydrogen-bond acceptors (Lipinski definition) is 7. The SMILES string of the molecule is Nc1c(NCc2ccco2)ncnc1N(Cc1ccccc1)c1ccccn1. The van der Waals surface area contributed by atoms with E-state index in [1.54, 1.807) is 12.5 Å². The van der Waals surface area contributed by atoms with Crippen LogP contribution < -0.4 is 16.0 Å². The van der Waals surface area contributed by atoms with Crippen molar-refractivity contribution in [2.24, 2.45) is 0 Å². The minimum atomic E-state index is 0.454. The number of nitrogens with one attached hydrogen (secondary N) is 1. The molecule has 0 spiro atoms. The third-order valence-corrected chi connectivity index (χ3v) is 4.24. The molecular weight excluding hydrogens is 352 g/mol. The molecule has 28 heavy (non-hydrogen) atoms. The van der Waals surface area contributed by atoms with Gasteiger partial charge in [-0.3, -0.25) is 0 Å². The van der Waals surface area contributed by atoms with Crippen LogP contribution in [0.2, 0.25) is 0 Å². The molecule has 7 nitrogen and oxygen atoms in total. The molecule has 0 saturated carbocycles. The fourth-order valence-corrected chi connectivity index (χ4v) is 2.87. The van der Waals surface area contributed by atoms with Gasteiger partial charge in [-0.15, -0.1) is 0 Å². The average Bonchev–Trinajstić information content (AvgIpc) is 3.27. The summed E-state index contributed by atoms with van der Waals surface area (Å²) in [5.74, 6) is 2.70. The molecule has 0 unspecified atom stereocenters. The second kappa shape index (κ2) is 8.22. The van der Waals surface area contributed by atoms with Gasteiger partial charge in [0.25, 0.3) is 0 Å². The van der Waals surface area contributed by atoms with Crippen molar-refractivity contribution < 1.29 is 4.42 Å². The van der Waals surface area contributed by atoms with Gasteiger partial charge >= 0.3 is 0 Å². The fourth-order valence-electron chi connectivity index (χ4n) is 2.87. The van der Waals surface area contributed by atoms with Gasteiger partial charge < -0.3 is 20.4 Å². The van der Waals surface area contributed by atoms with Gasteiger partial charge in [0.05, 0.1) is 19.4 Å². The summed E-state index contributed by atoms with van der Waals surface area (Å²) >= 11 is 0. The van der Waals surface area contributed by atoms with Crippen molar-refractivity contribution in [2.75, 3.05) is 16.0 Å². The van der Waals surface area contributed by atoms with Crippen molar-refractivity contribution >= 4 is 23.1 Å². The summed E-state index contributed by atoms with van der Waals surface area (Å²) in [5, 5.41) is 3.21. The van der Waals surface area contributed by atoms with Gasteiger partial charge in [-0.1, -0.05) is 36.4 Å². The minimum absolute atomic E-state index is 0.454. The second-order valence-corrected chi connectivity index (χ2v) is 6.15. The van der Waals surface area contributed by atoms with Gasteiger partial charge in [-0.05, 0) is 29.8 Å². The molecule has 0 atom stereocenters. The normalized spacial score (nSPS) is 10.6. The Morgan fingerprint density at radius 2 is 1.79 bits per heavy atom. The first-order chi connectivity index (χ1) is 13.8. The van der Waals surface area contributed by atoms with Gasteiger partial charge in [0.1, 0.15) is 23.6 Å². The van der Waals surface area contributed by atoms with E-state index in [1.165, 1.54) is 6.33 Å². The molecule has 3 aromatic heterocycles. The molecule has 0 aliphatic heterocycles. The van der Waals surface area contributed by atoms with Crippen LogP contribution in [0.4, 0.5) is 23.1 Å². The Bertz CT molecular complexity index is 1010. The molecule has 1 aromatic carbocycles. The Balaban J connectivity index is 1.66. The highest BCUT2D eigenvalue weighted by atomic mass is 16.3. The Kier molecular flexibility index (Phi) is 5.15. The second-order valence-electron chi connectivity index (χ2n) is 6.15. The van der Waals surface area contributed by atoms with Crippen molar-refractivity contribution in [3.63, 3.8) is 0 Å². The summed E-state index contributed by atoms with van der Waals surface area (Å²) in [4.78, 5) is 15.2. The third-order valence-electron chi connectivity index (χ3n) is 4.24. The molecule has 0 fully saturated rings. The zero-order valence-electron chi connectivity index (χ0n) is 15.2. The van der Waals surface area contributed by atoms with E-state index in [0.717, 1.165) is 17.1 Å². The monoisotopic (exact) mass is 372 g/mol. The molecule has 3 heterocycles. The van der Waals surface area contributed by atoms with Crippen LogP contribution in [-0.4, -0.2) is 15.0 Å². The number of pyridine rings is 1. The highest BCUT2D eigenvalue weighted by Gasteiger charge is 2.18. The van der Waals surface area contributed by atoms with E-state index in [1.807, 2.05) is 53.4 Å². The molecule has 0 bridgehead atoms. The molecule has 7 heteroatoms. The first-order valence-corrected chi connectivity index (χ1v) is 8.90. The predicted molar refractivity (Wildman–Crippen MR) is 109 cm³/mol. The molecule has 4 aromatic rings. The molecule has 0 aliphatic carbocycles. The van der Waals surface area contributed by atoms with Crippen LogP contribution in [0.1, 0.15) is 11.3 Å². The number of benzene rings is 1. The van der Waals surface area contributed by atoms with Crippen molar-refractivity contribution in [3.8, 4) is 0 Å². The maximum atomic E-state index is 6.43. The van der Waals surface area contributed by atoms with Crippen LogP contribution in [-0.2, 0) is 13.1 Å². The standard InChI is InChI=1S/C21H20N6O/c22-19-20(24-13-17-9-6-12-28-17)25-15-26-21(19)27(18-10-4-5-11-23-18)14-16-7-2-1-3-8-16/h1-12,15H,13-14,22H2,(H,24,25,26). The van der Waals surface area contributed by atoms with E-state index in [9.17, 15) is 0 Å². The molecule has 0 aliphatic rings. The van der Waals surface area contributed by atoms with E-state index >= 15 is 0 Å². The van der Waals surface area contributed by atoms with E-state index in [-0.39, 0.29) is 0 Å². The van der Waals surface area contributed by atoms with Gasteiger partial charge in [-0.2, -0.15) is 0 Å². The maximum absolute atomic E-state index is 6.43. The van der Waals surface area contributed by atoms with E-state index in [0.29, 0.717) is 30.4 Å².